The molecule has 0 bridgehead atoms. The number of nitrogens with zero attached hydrogens (tertiary/aromatic N) is 2. The number of nitrogens with one attached hydrogen (secondary N) is 1. The van der Waals surface area contributed by atoms with Crippen LogP contribution in [0, 0.1) is 11.6 Å². The molecule has 2 fully saturated rings. The maximum absolute atomic E-state index is 15.2. The quantitative estimate of drug-likeness (QED) is 0.364. The molecule has 2 atom stereocenters. The molecule has 2 amide bonds. The van der Waals surface area contributed by atoms with Crippen LogP contribution in [0.5, 0.6) is 0 Å². The molecule has 10 heteroatoms. The lowest BCUT2D eigenvalue weighted by atomic mass is 9.76. The van der Waals surface area contributed by atoms with E-state index in [-0.39, 0.29) is 48.5 Å². The van der Waals surface area contributed by atoms with Crippen LogP contribution in [-0.4, -0.2) is 60.7 Å². The third-order valence-corrected chi connectivity index (χ3v) is 8.44. The Bertz CT molecular complexity index is 1360. The van der Waals surface area contributed by atoms with Gasteiger partial charge in [-0.1, -0.05) is 67.1 Å². The summed E-state index contributed by atoms with van der Waals surface area (Å²) in [7, 11) is 1.31. The number of amides is 2. The van der Waals surface area contributed by atoms with Crippen LogP contribution in [0.4, 0.5) is 19.3 Å². The number of likely N-dealkylation sites (tertiary alicyclic amines) is 1. The van der Waals surface area contributed by atoms with Crippen LogP contribution in [-0.2, 0) is 22.4 Å². The number of hydrogen-bond acceptors (Lipinski definition) is 4. The highest BCUT2D eigenvalue weighted by Gasteiger charge is 2.49. The topological polar surface area (TPSA) is 93.4 Å². The van der Waals surface area contributed by atoms with Gasteiger partial charge in [-0.05, 0) is 74.0 Å². The Kier molecular flexibility index (Phi) is 12.1. The maximum Gasteiger partial charge on any atom is 0.407 e. The van der Waals surface area contributed by atoms with E-state index in [9.17, 15) is 14.0 Å². The van der Waals surface area contributed by atoms with E-state index in [2.05, 4.69) is 22.3 Å². The van der Waals surface area contributed by atoms with Gasteiger partial charge in [0, 0.05) is 12.6 Å². The van der Waals surface area contributed by atoms with Gasteiger partial charge in [-0.15, -0.1) is 12.4 Å². The van der Waals surface area contributed by atoms with Gasteiger partial charge in [0.1, 0.15) is 0 Å². The molecule has 2 heterocycles. The first-order chi connectivity index (χ1) is 19.9. The van der Waals surface area contributed by atoms with E-state index in [1.165, 1.54) is 18.1 Å². The summed E-state index contributed by atoms with van der Waals surface area (Å²) in [5.41, 5.74) is 1.64. The SMILES string of the molecule is COC(=O)NC1(C(Cc2ccccc2)N2CCCCC2)CCN(c2cc(Cc3ccccc3)cc(F)c2F)C(=O)C1.Cl.O. The van der Waals surface area contributed by atoms with Crippen LogP contribution < -0.4 is 10.2 Å². The number of rotatable bonds is 8. The van der Waals surface area contributed by atoms with Crippen LogP contribution in [0.1, 0.15) is 48.8 Å². The molecule has 3 aromatic rings. The van der Waals surface area contributed by atoms with Gasteiger partial charge >= 0.3 is 6.09 Å². The van der Waals surface area contributed by atoms with Gasteiger partial charge in [-0.2, -0.15) is 0 Å². The summed E-state index contributed by atoms with van der Waals surface area (Å²) in [6, 6.07) is 22.1. The molecular formula is C33H40ClF2N3O4. The predicted octanol–water partition coefficient (Wildman–Crippen LogP) is 5.47. The molecule has 2 unspecified atom stereocenters. The molecule has 0 aromatic heterocycles. The van der Waals surface area contributed by atoms with Crippen LogP contribution in [0.15, 0.2) is 72.8 Å². The highest BCUT2D eigenvalue weighted by atomic mass is 35.5. The molecule has 5 rings (SSSR count). The molecule has 43 heavy (non-hydrogen) atoms. The Labute approximate surface area is 257 Å². The Morgan fingerprint density at radius 2 is 1.56 bits per heavy atom. The van der Waals surface area contributed by atoms with E-state index in [1.54, 1.807) is 6.07 Å². The summed E-state index contributed by atoms with van der Waals surface area (Å²) in [4.78, 5) is 30.3. The zero-order chi connectivity index (χ0) is 28.8. The Hall–Kier alpha value is -3.53. The molecule has 2 saturated heterocycles. The molecule has 3 aromatic carbocycles. The summed E-state index contributed by atoms with van der Waals surface area (Å²) in [6.45, 7) is 1.86. The van der Waals surface area contributed by atoms with Crippen molar-refractivity contribution in [3.8, 4) is 0 Å². The lowest BCUT2D eigenvalue weighted by molar-refractivity contribution is -0.122. The average Bonchev–Trinajstić information content (AvgIpc) is 2.99. The average molecular weight is 616 g/mol. The van der Waals surface area contributed by atoms with Crippen molar-refractivity contribution in [1.29, 1.82) is 0 Å². The zero-order valence-corrected chi connectivity index (χ0v) is 25.2. The first-order valence-corrected chi connectivity index (χ1v) is 14.3. The van der Waals surface area contributed by atoms with E-state index < -0.39 is 23.3 Å². The molecule has 232 valence electrons. The zero-order valence-electron chi connectivity index (χ0n) is 24.4. The van der Waals surface area contributed by atoms with Crippen molar-refractivity contribution < 1.29 is 28.6 Å². The number of piperidine rings is 2. The third kappa shape index (κ3) is 7.90. The standard InChI is InChI=1S/C33H37F2N3O3.ClH.H2O/c1-41-32(40)36-33(29(37-16-9-4-10-17-37)22-25-13-7-3-8-14-25)15-18-38(30(39)23-33)28-21-26(20-27(34)31(28)35)19-24-11-5-2-6-12-24;;/h2-3,5-8,11-14,20-21,29H,4,9-10,15-19,22-23H2,1H3,(H,36,40);1H;1H2. The number of carbonyl (C=O) groups is 2. The number of hydrogen-bond donors (Lipinski definition) is 1. The summed E-state index contributed by atoms with van der Waals surface area (Å²) >= 11 is 0. The largest absolute Gasteiger partial charge is 0.453 e. The number of methoxy groups -OCH3 is 1. The summed E-state index contributed by atoms with van der Waals surface area (Å²) in [5, 5.41) is 3.05. The lowest BCUT2D eigenvalue weighted by Crippen LogP contribution is -2.68. The first kappa shape index (κ1) is 34.0. The molecule has 2 aliphatic rings. The fraction of sp³-hybridized carbons (Fsp3) is 0.394. The highest BCUT2D eigenvalue weighted by molar-refractivity contribution is 5.95. The number of anilines is 1. The van der Waals surface area contributed by atoms with Gasteiger partial charge in [-0.25, -0.2) is 13.6 Å². The fourth-order valence-corrected chi connectivity index (χ4v) is 6.37. The van der Waals surface area contributed by atoms with Crippen molar-refractivity contribution in [3.05, 3.63) is 101 Å². The second kappa shape index (κ2) is 15.3. The van der Waals surface area contributed by atoms with E-state index >= 15 is 4.39 Å². The number of benzene rings is 3. The van der Waals surface area contributed by atoms with Crippen LogP contribution in [0.25, 0.3) is 0 Å². The number of alkyl carbamates (subject to hydrolysis) is 1. The molecule has 2 aliphatic heterocycles. The normalized spacial score (nSPS) is 19.5. The van der Waals surface area contributed by atoms with Crippen molar-refractivity contribution in [2.45, 2.75) is 56.5 Å². The molecule has 0 radical (unpaired) electrons. The fourth-order valence-electron chi connectivity index (χ4n) is 6.37. The lowest BCUT2D eigenvalue weighted by Gasteiger charge is -2.50. The van der Waals surface area contributed by atoms with Crippen molar-refractivity contribution in [3.63, 3.8) is 0 Å². The van der Waals surface area contributed by atoms with Crippen LogP contribution >= 0.6 is 12.4 Å². The molecule has 3 N–H and O–H groups in total. The van der Waals surface area contributed by atoms with E-state index in [0.717, 1.165) is 43.5 Å². The number of halogens is 3. The van der Waals surface area contributed by atoms with Crippen molar-refractivity contribution in [2.24, 2.45) is 0 Å². The van der Waals surface area contributed by atoms with Crippen molar-refractivity contribution in [2.75, 3.05) is 31.6 Å². The summed E-state index contributed by atoms with van der Waals surface area (Å²) in [6.07, 6.45) is 3.97. The van der Waals surface area contributed by atoms with E-state index in [4.69, 9.17) is 4.74 Å². The number of ether oxygens (including phenoxy) is 1. The Morgan fingerprint density at radius 3 is 2.16 bits per heavy atom. The maximum atomic E-state index is 15.2. The van der Waals surface area contributed by atoms with Gasteiger partial charge < -0.3 is 20.4 Å². The molecular weight excluding hydrogens is 576 g/mol. The molecule has 0 aliphatic carbocycles. The van der Waals surface area contributed by atoms with Crippen LogP contribution in [0.3, 0.4) is 0 Å². The van der Waals surface area contributed by atoms with Crippen molar-refractivity contribution >= 4 is 30.1 Å². The Balaban J connectivity index is 0.00000253. The van der Waals surface area contributed by atoms with Gasteiger partial charge in [0.25, 0.3) is 0 Å². The van der Waals surface area contributed by atoms with E-state index in [1.807, 2.05) is 48.5 Å². The molecule has 0 spiro atoms. The minimum absolute atomic E-state index is 0. The summed E-state index contributed by atoms with van der Waals surface area (Å²) in [5.74, 6) is -2.39. The van der Waals surface area contributed by atoms with Gasteiger partial charge in [0.15, 0.2) is 11.6 Å². The second-order valence-electron chi connectivity index (χ2n) is 11.1. The minimum Gasteiger partial charge on any atom is -0.453 e. The minimum atomic E-state index is -1.04. The van der Waals surface area contributed by atoms with Crippen LogP contribution in [0.2, 0.25) is 0 Å². The Morgan fingerprint density at radius 1 is 0.930 bits per heavy atom. The monoisotopic (exact) mass is 615 g/mol. The highest BCUT2D eigenvalue weighted by Crippen LogP contribution is 2.37. The third-order valence-electron chi connectivity index (χ3n) is 8.44. The van der Waals surface area contributed by atoms with Crippen molar-refractivity contribution in [1.82, 2.24) is 10.2 Å². The van der Waals surface area contributed by atoms with Gasteiger partial charge in [0.05, 0.1) is 24.8 Å². The number of carbonyl (C=O) groups excluding carboxylic acids is 2. The molecule has 7 nitrogen and oxygen atoms in total. The summed E-state index contributed by atoms with van der Waals surface area (Å²) < 4.78 is 35.0. The first-order valence-electron chi connectivity index (χ1n) is 14.3. The van der Waals surface area contributed by atoms with E-state index in [0.29, 0.717) is 24.8 Å². The van der Waals surface area contributed by atoms with Gasteiger partial charge in [-0.3, -0.25) is 9.69 Å². The molecule has 0 saturated carbocycles. The smallest absolute Gasteiger partial charge is 0.407 e. The van der Waals surface area contributed by atoms with Gasteiger partial charge in [0.2, 0.25) is 5.91 Å². The predicted molar refractivity (Wildman–Crippen MR) is 166 cm³/mol. The second-order valence-corrected chi connectivity index (χ2v) is 11.1.